The van der Waals surface area contributed by atoms with Gasteiger partial charge < -0.3 is 15.2 Å². The second kappa shape index (κ2) is 7.15. The molecule has 1 aromatic rings. The summed E-state index contributed by atoms with van der Waals surface area (Å²) in [6.45, 7) is 7.58. The van der Waals surface area contributed by atoms with E-state index in [1.54, 1.807) is 13.8 Å². The van der Waals surface area contributed by atoms with Crippen LogP contribution in [0.15, 0.2) is 51.5 Å². The van der Waals surface area contributed by atoms with E-state index in [0.717, 1.165) is 10.0 Å². The maximum absolute atomic E-state index is 13.0. The molecule has 1 aromatic carbocycles. The number of hydrogen-bond acceptors (Lipinski definition) is 5. The summed E-state index contributed by atoms with van der Waals surface area (Å²) in [5.74, 6) is -0.610. The van der Waals surface area contributed by atoms with Crippen LogP contribution in [0.3, 0.4) is 0 Å². The van der Waals surface area contributed by atoms with E-state index in [4.69, 9.17) is 15.2 Å². The van der Waals surface area contributed by atoms with Gasteiger partial charge >= 0.3 is 5.97 Å². The topological polar surface area (TPSA) is 78.6 Å². The van der Waals surface area contributed by atoms with Crippen LogP contribution in [0.1, 0.15) is 52.0 Å². The molecule has 1 heterocycles. The molecule has 1 aliphatic heterocycles. The van der Waals surface area contributed by atoms with Crippen LogP contribution in [0.2, 0.25) is 0 Å². The molecule has 144 valence electrons. The number of halogens is 1. The van der Waals surface area contributed by atoms with E-state index in [-0.39, 0.29) is 28.8 Å². The quantitative estimate of drug-likeness (QED) is 0.717. The molecule has 0 spiro atoms. The van der Waals surface area contributed by atoms with Crippen molar-refractivity contribution in [3.63, 3.8) is 0 Å². The highest BCUT2D eigenvalue weighted by molar-refractivity contribution is 9.10. The third kappa shape index (κ3) is 3.95. The highest BCUT2D eigenvalue weighted by Gasteiger charge is 2.45. The van der Waals surface area contributed by atoms with Gasteiger partial charge in [-0.25, -0.2) is 4.79 Å². The first-order valence-corrected chi connectivity index (χ1v) is 9.78. The van der Waals surface area contributed by atoms with Crippen molar-refractivity contribution in [2.75, 3.05) is 0 Å². The summed E-state index contributed by atoms with van der Waals surface area (Å²) < 4.78 is 12.0. The van der Waals surface area contributed by atoms with Gasteiger partial charge in [-0.15, -0.1) is 0 Å². The molecule has 0 aromatic heterocycles. The summed E-state index contributed by atoms with van der Waals surface area (Å²) in [4.78, 5) is 25.9. The Balaban J connectivity index is 2.17. The lowest BCUT2D eigenvalue weighted by atomic mass is 9.70. The number of Topliss-reactive ketones (excluding diaryl/α,β-unsaturated/α-hetero) is 1. The van der Waals surface area contributed by atoms with E-state index in [1.165, 1.54) is 0 Å². The number of carbonyl (C=O) groups excluding carboxylic acids is 2. The Morgan fingerprint density at radius 1 is 1.33 bits per heavy atom. The van der Waals surface area contributed by atoms with Crippen molar-refractivity contribution in [1.29, 1.82) is 0 Å². The Morgan fingerprint density at radius 2 is 2.04 bits per heavy atom. The molecule has 3 rings (SSSR count). The molecule has 27 heavy (non-hydrogen) atoms. The largest absolute Gasteiger partial charge is 0.459 e. The molecule has 2 aliphatic rings. The fourth-order valence-electron chi connectivity index (χ4n) is 3.68. The molecule has 0 radical (unpaired) electrons. The number of hydrogen-bond donors (Lipinski definition) is 1. The van der Waals surface area contributed by atoms with Crippen molar-refractivity contribution in [3.8, 4) is 0 Å². The van der Waals surface area contributed by atoms with E-state index < -0.39 is 11.9 Å². The van der Waals surface area contributed by atoms with Gasteiger partial charge in [0.2, 0.25) is 5.88 Å². The van der Waals surface area contributed by atoms with Gasteiger partial charge in [0.25, 0.3) is 0 Å². The molecule has 0 saturated heterocycles. The molecular weight excluding hydrogens is 410 g/mol. The number of esters is 1. The molecule has 0 amide bonds. The normalized spacial score (nSPS) is 21.9. The monoisotopic (exact) mass is 433 g/mol. The molecule has 0 fully saturated rings. The first kappa shape index (κ1) is 19.7. The highest BCUT2D eigenvalue weighted by Crippen LogP contribution is 2.48. The number of allylic oxidation sites excluding steroid dienone is 2. The third-order valence-corrected chi connectivity index (χ3v) is 5.19. The van der Waals surface area contributed by atoms with Gasteiger partial charge in [0.15, 0.2) is 5.78 Å². The number of benzene rings is 1. The third-order valence-electron chi connectivity index (χ3n) is 4.70. The van der Waals surface area contributed by atoms with E-state index in [2.05, 4.69) is 15.9 Å². The molecule has 2 N–H and O–H groups in total. The van der Waals surface area contributed by atoms with Crippen molar-refractivity contribution in [2.45, 2.75) is 52.6 Å². The summed E-state index contributed by atoms with van der Waals surface area (Å²) >= 11 is 3.47. The number of carbonyl (C=O) groups is 2. The van der Waals surface area contributed by atoms with E-state index in [0.29, 0.717) is 24.2 Å². The second-order valence-corrected chi connectivity index (χ2v) is 9.02. The smallest absolute Gasteiger partial charge is 0.340 e. The number of ketones is 1. The van der Waals surface area contributed by atoms with Crippen molar-refractivity contribution in [2.24, 2.45) is 11.1 Å². The first-order valence-electron chi connectivity index (χ1n) is 8.99. The summed E-state index contributed by atoms with van der Waals surface area (Å²) in [6.07, 6.45) is 0.676. The van der Waals surface area contributed by atoms with Gasteiger partial charge in [0.1, 0.15) is 11.3 Å². The van der Waals surface area contributed by atoms with Crippen LogP contribution in [0.25, 0.3) is 0 Å². The van der Waals surface area contributed by atoms with Gasteiger partial charge in [-0.2, -0.15) is 0 Å². The van der Waals surface area contributed by atoms with Crippen LogP contribution in [0.4, 0.5) is 0 Å². The predicted molar refractivity (Wildman–Crippen MR) is 105 cm³/mol. The summed E-state index contributed by atoms with van der Waals surface area (Å²) in [6, 6.07) is 7.54. The average Bonchev–Trinajstić information content (AvgIpc) is 2.51. The summed E-state index contributed by atoms with van der Waals surface area (Å²) in [5, 5.41) is 0. The van der Waals surface area contributed by atoms with Crippen molar-refractivity contribution in [3.05, 3.63) is 57.1 Å². The van der Waals surface area contributed by atoms with Crippen LogP contribution >= 0.6 is 15.9 Å². The number of rotatable bonds is 3. The Morgan fingerprint density at radius 3 is 2.67 bits per heavy atom. The van der Waals surface area contributed by atoms with E-state index >= 15 is 0 Å². The lowest BCUT2D eigenvalue weighted by Gasteiger charge is -2.38. The minimum Gasteiger partial charge on any atom is -0.459 e. The van der Waals surface area contributed by atoms with E-state index in [1.807, 2.05) is 38.1 Å². The van der Waals surface area contributed by atoms with Crippen molar-refractivity contribution in [1.82, 2.24) is 0 Å². The second-order valence-electron chi connectivity index (χ2n) is 8.10. The van der Waals surface area contributed by atoms with Gasteiger partial charge in [0, 0.05) is 22.9 Å². The lowest BCUT2D eigenvalue weighted by Crippen LogP contribution is -2.36. The molecule has 0 unspecified atom stereocenters. The minimum atomic E-state index is -0.596. The fourth-order valence-corrected chi connectivity index (χ4v) is 4.10. The maximum atomic E-state index is 13.0. The van der Waals surface area contributed by atoms with Crippen LogP contribution < -0.4 is 5.73 Å². The Hall–Kier alpha value is -2.08. The average molecular weight is 434 g/mol. The van der Waals surface area contributed by atoms with Gasteiger partial charge in [-0.05, 0) is 37.0 Å². The first-order chi connectivity index (χ1) is 12.6. The Kier molecular flexibility index (Phi) is 5.21. The molecule has 6 heteroatoms. The summed E-state index contributed by atoms with van der Waals surface area (Å²) in [7, 11) is 0. The number of nitrogens with two attached hydrogens (primary N) is 1. The van der Waals surface area contributed by atoms with E-state index in [9.17, 15) is 9.59 Å². The van der Waals surface area contributed by atoms with Crippen molar-refractivity contribution < 1.29 is 19.1 Å². The molecule has 1 atom stereocenters. The number of ether oxygens (including phenoxy) is 2. The van der Waals surface area contributed by atoms with Crippen molar-refractivity contribution >= 4 is 27.7 Å². The Bertz CT molecular complexity index is 867. The standard InChI is InChI=1S/C21H24BrNO4/c1-11(2)26-20(25)18-16(12-6-5-7-13(22)8-12)17-14(24)9-21(3,4)10-15(17)27-19(18)23/h5-8,11,16H,9-10,23H2,1-4H3/t16-/m0/s1. The minimum absolute atomic E-state index is 0.00914. The maximum Gasteiger partial charge on any atom is 0.340 e. The lowest BCUT2D eigenvalue weighted by molar-refractivity contribution is -0.143. The highest BCUT2D eigenvalue weighted by atomic mass is 79.9. The van der Waals surface area contributed by atoms with Gasteiger partial charge in [0.05, 0.1) is 12.0 Å². The van der Waals surface area contributed by atoms with Gasteiger partial charge in [-0.3, -0.25) is 4.79 Å². The zero-order chi connectivity index (χ0) is 19.9. The molecule has 5 nitrogen and oxygen atoms in total. The Labute approximate surface area is 167 Å². The predicted octanol–water partition coefficient (Wildman–Crippen LogP) is 4.33. The van der Waals surface area contributed by atoms with Crippen LogP contribution in [0, 0.1) is 5.41 Å². The zero-order valence-electron chi connectivity index (χ0n) is 16.0. The molecule has 0 saturated carbocycles. The summed E-state index contributed by atoms with van der Waals surface area (Å²) in [5.41, 5.74) is 7.45. The van der Waals surface area contributed by atoms with Gasteiger partial charge in [-0.1, -0.05) is 41.9 Å². The van der Waals surface area contributed by atoms with Crippen LogP contribution in [-0.4, -0.2) is 17.9 Å². The fraction of sp³-hybridized carbons (Fsp3) is 0.429. The van der Waals surface area contributed by atoms with Crippen LogP contribution in [-0.2, 0) is 19.1 Å². The molecular formula is C21H24BrNO4. The zero-order valence-corrected chi connectivity index (χ0v) is 17.6. The molecule has 1 aliphatic carbocycles. The molecule has 0 bridgehead atoms. The van der Waals surface area contributed by atoms with Crippen LogP contribution in [0.5, 0.6) is 0 Å². The SMILES string of the molecule is CC(C)OC(=O)C1=C(N)OC2=C(C(=O)CC(C)(C)C2)[C@@H]1c1cccc(Br)c1.